The fourth-order valence-electron chi connectivity index (χ4n) is 2.38. The summed E-state index contributed by atoms with van der Waals surface area (Å²) in [4.78, 5) is 3.30. The lowest BCUT2D eigenvalue weighted by Gasteiger charge is -1.99. The maximum atomic E-state index is 5.65. The van der Waals surface area contributed by atoms with Crippen LogP contribution in [0, 0.1) is 0 Å². The van der Waals surface area contributed by atoms with Gasteiger partial charge < -0.3 is 10.7 Å². The third kappa shape index (κ3) is 1.71. The van der Waals surface area contributed by atoms with Crippen LogP contribution in [0.4, 0.5) is 0 Å². The van der Waals surface area contributed by atoms with Crippen molar-refractivity contribution in [1.82, 2.24) is 14.8 Å². The number of rotatable bonds is 3. The van der Waals surface area contributed by atoms with Crippen LogP contribution < -0.4 is 5.73 Å². The maximum Gasteiger partial charge on any atom is 0.0716 e. The zero-order valence-corrected chi connectivity index (χ0v) is 10.4. The Morgan fingerprint density at radius 3 is 2.94 bits per heavy atom. The number of nitrogens with one attached hydrogen (secondary N) is 1. The van der Waals surface area contributed by atoms with Gasteiger partial charge in [-0.1, -0.05) is 18.2 Å². The highest BCUT2D eigenvalue weighted by Crippen LogP contribution is 2.30. The Labute approximate surface area is 105 Å². The molecule has 4 heteroatoms. The van der Waals surface area contributed by atoms with Crippen molar-refractivity contribution in [2.45, 2.75) is 6.42 Å². The minimum Gasteiger partial charge on any atom is -0.361 e. The molecule has 3 rings (SSSR count). The Morgan fingerprint density at radius 1 is 1.28 bits per heavy atom. The largest absolute Gasteiger partial charge is 0.361 e. The summed E-state index contributed by atoms with van der Waals surface area (Å²) in [5.74, 6) is 0. The maximum absolute atomic E-state index is 5.65. The van der Waals surface area contributed by atoms with Crippen molar-refractivity contribution in [2.75, 3.05) is 6.54 Å². The lowest BCUT2D eigenvalue weighted by molar-refractivity contribution is 0.739. The molecule has 4 nitrogen and oxygen atoms in total. The van der Waals surface area contributed by atoms with E-state index in [1.807, 2.05) is 24.0 Å². The van der Waals surface area contributed by atoms with Gasteiger partial charge in [-0.3, -0.25) is 4.68 Å². The molecule has 0 aliphatic carbocycles. The molecule has 0 saturated carbocycles. The van der Waals surface area contributed by atoms with Crippen molar-refractivity contribution in [2.24, 2.45) is 12.8 Å². The molecule has 0 unspecified atom stereocenters. The summed E-state index contributed by atoms with van der Waals surface area (Å²) in [6.45, 7) is 0.617. The predicted molar refractivity (Wildman–Crippen MR) is 73.3 cm³/mol. The van der Waals surface area contributed by atoms with E-state index >= 15 is 0 Å². The van der Waals surface area contributed by atoms with Gasteiger partial charge in [-0.2, -0.15) is 5.10 Å². The first kappa shape index (κ1) is 11.0. The number of H-pyrrole nitrogens is 1. The number of hydrogen-bond donors (Lipinski definition) is 2. The highest BCUT2D eigenvalue weighted by molar-refractivity contribution is 5.95. The van der Waals surface area contributed by atoms with Gasteiger partial charge in [0.1, 0.15) is 0 Å². The number of hydrogen-bond acceptors (Lipinski definition) is 2. The molecular formula is C14H16N4. The van der Waals surface area contributed by atoms with Gasteiger partial charge in [0.25, 0.3) is 0 Å². The van der Waals surface area contributed by atoms with E-state index in [4.69, 9.17) is 5.73 Å². The molecule has 92 valence electrons. The lowest BCUT2D eigenvalue weighted by atomic mass is 10.0. The Hall–Kier alpha value is -2.07. The topological polar surface area (TPSA) is 59.6 Å². The number of nitrogens with two attached hydrogens (primary N) is 1. The molecule has 3 N–H and O–H groups in total. The van der Waals surface area contributed by atoms with Gasteiger partial charge in [0.05, 0.1) is 5.69 Å². The van der Waals surface area contributed by atoms with Gasteiger partial charge in [-0.25, -0.2) is 0 Å². The number of aromatic amines is 1. The standard InChI is InChI=1S/C14H16N4/c1-18-9-12(14(17-18)6-7-15)11-8-16-13-5-3-2-4-10(11)13/h2-5,8-9,16H,6-7,15H2,1H3. The second-order valence-electron chi connectivity index (χ2n) is 4.45. The van der Waals surface area contributed by atoms with Gasteiger partial charge >= 0.3 is 0 Å². The zero-order chi connectivity index (χ0) is 12.5. The molecule has 0 spiro atoms. The van der Waals surface area contributed by atoms with E-state index in [0.29, 0.717) is 6.54 Å². The SMILES string of the molecule is Cn1cc(-c2c[nH]c3ccccc23)c(CCN)n1. The molecule has 18 heavy (non-hydrogen) atoms. The number of aromatic nitrogens is 3. The summed E-state index contributed by atoms with van der Waals surface area (Å²) in [6.07, 6.45) is 4.90. The normalized spacial score (nSPS) is 11.2. The van der Waals surface area contributed by atoms with Crippen LogP contribution >= 0.6 is 0 Å². The Morgan fingerprint density at radius 2 is 2.11 bits per heavy atom. The molecule has 0 saturated heterocycles. The molecular weight excluding hydrogens is 224 g/mol. The van der Waals surface area contributed by atoms with Crippen LogP contribution in [0.25, 0.3) is 22.0 Å². The first-order chi connectivity index (χ1) is 8.79. The summed E-state index contributed by atoms with van der Waals surface area (Å²) < 4.78 is 1.85. The number of fused-ring (bicyclic) bond motifs is 1. The van der Waals surface area contributed by atoms with Crippen LogP contribution in [-0.4, -0.2) is 21.3 Å². The summed E-state index contributed by atoms with van der Waals surface area (Å²) in [5, 5.41) is 5.71. The summed E-state index contributed by atoms with van der Waals surface area (Å²) in [5.41, 5.74) is 10.2. The first-order valence-electron chi connectivity index (χ1n) is 6.08. The highest BCUT2D eigenvalue weighted by Gasteiger charge is 2.12. The fraction of sp³-hybridized carbons (Fsp3) is 0.214. The van der Waals surface area contributed by atoms with Gasteiger partial charge in [0.2, 0.25) is 0 Å². The van der Waals surface area contributed by atoms with Gasteiger partial charge in [-0.15, -0.1) is 0 Å². The molecule has 0 amide bonds. The van der Waals surface area contributed by atoms with E-state index in [2.05, 4.69) is 34.5 Å². The van der Waals surface area contributed by atoms with E-state index in [9.17, 15) is 0 Å². The van der Waals surface area contributed by atoms with Gasteiger partial charge in [-0.05, 0) is 12.6 Å². The van der Waals surface area contributed by atoms with Crippen molar-refractivity contribution in [3.8, 4) is 11.1 Å². The fourth-order valence-corrected chi connectivity index (χ4v) is 2.38. The van der Waals surface area contributed by atoms with Gasteiger partial charge in [0.15, 0.2) is 0 Å². The highest BCUT2D eigenvalue weighted by atomic mass is 15.2. The Kier molecular flexibility index (Phi) is 2.64. The molecule has 0 atom stereocenters. The number of benzene rings is 1. The van der Waals surface area contributed by atoms with E-state index in [1.54, 1.807) is 0 Å². The Bertz CT molecular complexity index is 678. The minimum absolute atomic E-state index is 0.617. The third-order valence-electron chi connectivity index (χ3n) is 3.17. The third-order valence-corrected chi connectivity index (χ3v) is 3.17. The van der Waals surface area contributed by atoms with Crippen molar-refractivity contribution in [3.05, 3.63) is 42.4 Å². The van der Waals surface area contributed by atoms with Crippen LogP contribution in [0.2, 0.25) is 0 Å². The van der Waals surface area contributed by atoms with E-state index < -0.39 is 0 Å². The molecule has 2 heterocycles. The van der Waals surface area contributed by atoms with Crippen molar-refractivity contribution in [3.63, 3.8) is 0 Å². The molecule has 0 aliphatic rings. The second-order valence-corrected chi connectivity index (χ2v) is 4.45. The quantitative estimate of drug-likeness (QED) is 0.736. The molecule has 3 aromatic rings. The van der Waals surface area contributed by atoms with Crippen molar-refractivity contribution >= 4 is 10.9 Å². The summed E-state index contributed by atoms with van der Waals surface area (Å²) >= 11 is 0. The van der Waals surface area contributed by atoms with Crippen LogP contribution in [0.15, 0.2) is 36.7 Å². The van der Waals surface area contributed by atoms with E-state index in [-0.39, 0.29) is 0 Å². The van der Waals surface area contributed by atoms with E-state index in [1.165, 1.54) is 16.5 Å². The smallest absolute Gasteiger partial charge is 0.0716 e. The monoisotopic (exact) mass is 240 g/mol. The Balaban J connectivity index is 2.19. The van der Waals surface area contributed by atoms with Crippen LogP contribution in [0.1, 0.15) is 5.69 Å². The molecule has 1 aromatic carbocycles. The summed E-state index contributed by atoms with van der Waals surface area (Å²) in [6, 6.07) is 8.30. The first-order valence-corrected chi connectivity index (χ1v) is 6.08. The van der Waals surface area contributed by atoms with Crippen LogP contribution in [-0.2, 0) is 13.5 Å². The van der Waals surface area contributed by atoms with Crippen LogP contribution in [0.3, 0.4) is 0 Å². The number of nitrogens with zero attached hydrogens (tertiary/aromatic N) is 2. The molecule has 0 radical (unpaired) electrons. The van der Waals surface area contributed by atoms with Crippen LogP contribution in [0.5, 0.6) is 0 Å². The molecule has 0 aliphatic heterocycles. The number of para-hydroxylation sites is 1. The lowest BCUT2D eigenvalue weighted by Crippen LogP contribution is -2.04. The molecule has 2 aromatic heterocycles. The minimum atomic E-state index is 0.617. The van der Waals surface area contributed by atoms with Gasteiger partial charge in [0, 0.05) is 47.9 Å². The van der Waals surface area contributed by atoms with Crippen molar-refractivity contribution < 1.29 is 0 Å². The predicted octanol–water partition coefficient (Wildman–Crippen LogP) is 2.07. The average molecular weight is 240 g/mol. The second kappa shape index (κ2) is 4.31. The van der Waals surface area contributed by atoms with Crippen molar-refractivity contribution in [1.29, 1.82) is 0 Å². The summed E-state index contributed by atoms with van der Waals surface area (Å²) in [7, 11) is 1.94. The number of aryl methyl sites for hydroxylation is 1. The van der Waals surface area contributed by atoms with E-state index in [0.717, 1.165) is 17.6 Å². The molecule has 0 fully saturated rings. The average Bonchev–Trinajstić information content (AvgIpc) is 2.93. The zero-order valence-electron chi connectivity index (χ0n) is 10.4. The molecule has 0 bridgehead atoms.